The number of hydrogen-bond acceptors (Lipinski definition) is 3. The lowest BCUT2D eigenvalue weighted by molar-refractivity contribution is -0.143. The van der Waals surface area contributed by atoms with E-state index in [0.717, 1.165) is 5.56 Å². The van der Waals surface area contributed by atoms with Gasteiger partial charge in [0, 0.05) is 13.5 Å². The normalized spacial score (nSPS) is 12.2. The lowest BCUT2D eigenvalue weighted by atomic mass is 10.2. The van der Waals surface area contributed by atoms with E-state index in [2.05, 4.69) is 5.32 Å². The summed E-state index contributed by atoms with van der Waals surface area (Å²) in [6, 6.07) is 8.76. The van der Waals surface area contributed by atoms with Gasteiger partial charge in [0.05, 0.1) is 6.61 Å². The summed E-state index contributed by atoms with van der Waals surface area (Å²) in [5, 5.41) is 11.3. The number of benzene rings is 1. The largest absolute Gasteiger partial charge is 0.480 e. The molecule has 0 aromatic heterocycles. The molecule has 5 heteroatoms. The summed E-state index contributed by atoms with van der Waals surface area (Å²) < 4.78 is 4.74. The highest BCUT2D eigenvalue weighted by Gasteiger charge is 2.18. The van der Waals surface area contributed by atoms with Gasteiger partial charge in [0.2, 0.25) is 5.91 Å². The lowest BCUT2D eigenvalue weighted by Crippen LogP contribution is -2.43. The van der Waals surface area contributed by atoms with Crippen molar-refractivity contribution >= 4 is 18.0 Å². The number of allylic oxidation sites excluding steroid dienone is 1. The molecule has 0 aliphatic heterocycles. The summed E-state index contributed by atoms with van der Waals surface area (Å²) in [7, 11) is 1.39. The number of amides is 1. The molecule has 1 aromatic carbocycles. The maximum Gasteiger partial charge on any atom is 0.328 e. The molecule has 0 saturated carbocycles. The van der Waals surface area contributed by atoms with Crippen molar-refractivity contribution in [3.05, 3.63) is 42.0 Å². The predicted octanol–water partition coefficient (Wildman–Crippen LogP) is 1.70. The average Bonchev–Trinajstić information content (AvgIpc) is 2.44. The first kappa shape index (κ1) is 15.9. The van der Waals surface area contributed by atoms with Crippen LogP contribution in [0, 0.1) is 0 Å². The fourth-order valence-electron chi connectivity index (χ4n) is 1.61. The van der Waals surface area contributed by atoms with Gasteiger partial charge in [0.15, 0.2) is 6.04 Å². The second-order valence-electron chi connectivity index (χ2n) is 4.27. The number of carboxylic acid groups (broad SMARTS) is 1. The summed E-state index contributed by atoms with van der Waals surface area (Å²) >= 11 is 0. The third-order valence-corrected chi connectivity index (χ3v) is 2.61. The Labute approximate surface area is 118 Å². The zero-order valence-corrected chi connectivity index (χ0v) is 11.4. The zero-order chi connectivity index (χ0) is 14.8. The highest BCUT2D eigenvalue weighted by atomic mass is 16.5. The van der Waals surface area contributed by atoms with Gasteiger partial charge in [0.1, 0.15) is 0 Å². The zero-order valence-electron chi connectivity index (χ0n) is 11.4. The number of methoxy groups -OCH3 is 1. The van der Waals surface area contributed by atoms with E-state index in [9.17, 15) is 9.59 Å². The first-order valence-electron chi connectivity index (χ1n) is 6.36. The second kappa shape index (κ2) is 8.87. The fraction of sp³-hybridized carbons (Fsp3) is 0.333. The van der Waals surface area contributed by atoms with E-state index >= 15 is 0 Å². The van der Waals surface area contributed by atoms with Gasteiger partial charge in [-0.3, -0.25) is 4.79 Å². The molecule has 0 spiro atoms. The van der Waals surface area contributed by atoms with Crippen LogP contribution in [0.3, 0.4) is 0 Å². The van der Waals surface area contributed by atoms with Crippen LogP contribution >= 0.6 is 0 Å². The Hall–Kier alpha value is -2.14. The van der Waals surface area contributed by atoms with Crippen molar-refractivity contribution < 1.29 is 19.4 Å². The lowest BCUT2D eigenvalue weighted by Gasteiger charge is -2.12. The molecular formula is C15H19NO4. The molecule has 1 rings (SSSR count). The molecule has 0 radical (unpaired) electrons. The molecule has 0 heterocycles. The summed E-state index contributed by atoms with van der Waals surface area (Å²) in [5.74, 6) is -1.40. The van der Waals surface area contributed by atoms with Crippen molar-refractivity contribution in [2.45, 2.75) is 18.9 Å². The van der Waals surface area contributed by atoms with E-state index in [0.29, 0.717) is 6.42 Å². The molecule has 2 N–H and O–H groups in total. The maximum atomic E-state index is 11.6. The van der Waals surface area contributed by atoms with Crippen molar-refractivity contribution in [2.24, 2.45) is 0 Å². The first-order chi connectivity index (χ1) is 9.63. The number of rotatable bonds is 8. The number of nitrogens with one attached hydrogen (secondary N) is 1. The van der Waals surface area contributed by atoms with Gasteiger partial charge in [-0.25, -0.2) is 4.79 Å². The van der Waals surface area contributed by atoms with Crippen molar-refractivity contribution in [2.75, 3.05) is 13.7 Å². The van der Waals surface area contributed by atoms with E-state index in [4.69, 9.17) is 9.84 Å². The van der Waals surface area contributed by atoms with Gasteiger partial charge in [0.25, 0.3) is 0 Å². The third kappa shape index (κ3) is 6.15. The number of carbonyl (C=O) groups is 2. The van der Waals surface area contributed by atoms with Crippen molar-refractivity contribution in [1.82, 2.24) is 5.32 Å². The molecule has 0 aliphatic carbocycles. The molecule has 0 aliphatic rings. The number of carbonyl (C=O) groups excluding carboxylic acids is 1. The number of hydrogen-bond donors (Lipinski definition) is 2. The Morgan fingerprint density at radius 1 is 1.35 bits per heavy atom. The Morgan fingerprint density at radius 3 is 2.65 bits per heavy atom. The van der Waals surface area contributed by atoms with Gasteiger partial charge in [-0.2, -0.15) is 0 Å². The summed E-state index contributed by atoms with van der Waals surface area (Å²) in [6.07, 6.45) is 4.62. The Balaban J connectivity index is 2.32. The summed E-state index contributed by atoms with van der Waals surface area (Å²) in [5.41, 5.74) is 1.07. The van der Waals surface area contributed by atoms with Crippen LogP contribution in [0.5, 0.6) is 0 Å². The van der Waals surface area contributed by atoms with Crippen LogP contribution in [0.1, 0.15) is 18.4 Å². The smallest absolute Gasteiger partial charge is 0.328 e. The van der Waals surface area contributed by atoms with E-state index in [1.54, 1.807) is 0 Å². The molecule has 1 aromatic rings. The van der Waals surface area contributed by atoms with Gasteiger partial charge in [-0.1, -0.05) is 42.5 Å². The minimum atomic E-state index is -1.10. The minimum absolute atomic E-state index is 0.0407. The Morgan fingerprint density at radius 2 is 2.05 bits per heavy atom. The van der Waals surface area contributed by atoms with Gasteiger partial charge >= 0.3 is 5.97 Å². The van der Waals surface area contributed by atoms with Crippen molar-refractivity contribution in [3.8, 4) is 0 Å². The standard InChI is InChI=1S/C15H19NO4/c1-20-11-13(15(18)19)16-14(17)10-6-5-9-12-7-3-2-4-8-12/h2-5,7-9,13H,6,10-11H2,1H3,(H,16,17)(H,18,19)/b9-5+. The Bertz CT molecular complexity index is 456. The van der Waals surface area contributed by atoms with E-state index in [-0.39, 0.29) is 18.9 Å². The van der Waals surface area contributed by atoms with E-state index in [1.165, 1.54) is 7.11 Å². The van der Waals surface area contributed by atoms with Crippen LogP contribution in [-0.2, 0) is 14.3 Å². The number of aliphatic carboxylic acids is 1. The maximum absolute atomic E-state index is 11.6. The molecule has 1 amide bonds. The van der Waals surface area contributed by atoms with Gasteiger partial charge < -0.3 is 15.2 Å². The highest BCUT2D eigenvalue weighted by Crippen LogP contribution is 2.03. The quantitative estimate of drug-likeness (QED) is 0.758. The molecule has 0 bridgehead atoms. The minimum Gasteiger partial charge on any atom is -0.480 e. The third-order valence-electron chi connectivity index (χ3n) is 2.61. The van der Waals surface area contributed by atoms with Crippen LogP contribution in [0.15, 0.2) is 36.4 Å². The van der Waals surface area contributed by atoms with E-state index in [1.807, 2.05) is 42.5 Å². The monoisotopic (exact) mass is 277 g/mol. The topological polar surface area (TPSA) is 75.6 Å². The first-order valence-corrected chi connectivity index (χ1v) is 6.36. The molecular weight excluding hydrogens is 258 g/mol. The van der Waals surface area contributed by atoms with Crippen LogP contribution in [0.4, 0.5) is 0 Å². The molecule has 1 unspecified atom stereocenters. The fourth-order valence-corrected chi connectivity index (χ4v) is 1.61. The molecule has 108 valence electrons. The summed E-state index contributed by atoms with van der Waals surface area (Å²) in [4.78, 5) is 22.4. The van der Waals surface area contributed by atoms with Crippen LogP contribution in [0.2, 0.25) is 0 Å². The van der Waals surface area contributed by atoms with Crippen molar-refractivity contribution in [1.29, 1.82) is 0 Å². The van der Waals surface area contributed by atoms with Crippen molar-refractivity contribution in [3.63, 3.8) is 0 Å². The van der Waals surface area contributed by atoms with Gasteiger partial charge in [-0.05, 0) is 12.0 Å². The molecule has 0 fully saturated rings. The number of ether oxygens (including phenoxy) is 1. The van der Waals surface area contributed by atoms with Gasteiger partial charge in [-0.15, -0.1) is 0 Å². The van der Waals surface area contributed by atoms with Crippen LogP contribution in [-0.4, -0.2) is 36.7 Å². The van der Waals surface area contributed by atoms with E-state index < -0.39 is 12.0 Å². The average molecular weight is 277 g/mol. The van der Waals surface area contributed by atoms with Crippen LogP contribution < -0.4 is 5.32 Å². The predicted molar refractivity (Wildman–Crippen MR) is 76.2 cm³/mol. The molecule has 5 nitrogen and oxygen atoms in total. The summed E-state index contributed by atoms with van der Waals surface area (Å²) in [6.45, 7) is -0.0407. The Kier molecular flexibility index (Phi) is 7.06. The molecule has 1 atom stereocenters. The SMILES string of the molecule is COCC(NC(=O)CC/C=C/c1ccccc1)C(=O)O. The highest BCUT2D eigenvalue weighted by molar-refractivity contribution is 5.83. The van der Waals surface area contributed by atoms with Crippen LogP contribution in [0.25, 0.3) is 6.08 Å². The molecule has 0 saturated heterocycles. The second-order valence-corrected chi connectivity index (χ2v) is 4.27. The number of carboxylic acids is 1. The molecule has 20 heavy (non-hydrogen) atoms.